The van der Waals surface area contributed by atoms with E-state index >= 15 is 0 Å². The van der Waals surface area contributed by atoms with Gasteiger partial charge >= 0.3 is 0 Å². The highest BCUT2D eigenvalue weighted by molar-refractivity contribution is 7.92. The van der Waals surface area contributed by atoms with E-state index < -0.39 is 10.0 Å². The van der Waals surface area contributed by atoms with E-state index in [0.29, 0.717) is 22.9 Å². The highest BCUT2D eigenvalue weighted by atomic mass is 35.5. The summed E-state index contributed by atoms with van der Waals surface area (Å²) in [6, 6.07) is 15.8. The van der Waals surface area contributed by atoms with E-state index in [1.54, 1.807) is 24.4 Å². The molecule has 2 aromatic heterocycles. The van der Waals surface area contributed by atoms with Crippen molar-refractivity contribution in [2.24, 2.45) is 0 Å². The van der Waals surface area contributed by atoms with Crippen LogP contribution in [0.25, 0.3) is 10.8 Å². The van der Waals surface area contributed by atoms with Gasteiger partial charge in [0.1, 0.15) is 12.1 Å². The number of anilines is 1. The highest BCUT2D eigenvalue weighted by Gasteiger charge is 2.16. The van der Waals surface area contributed by atoms with Crippen LogP contribution in [0.4, 0.5) is 5.82 Å². The Morgan fingerprint density at radius 2 is 1.81 bits per heavy atom. The molecule has 2 aromatic carbocycles. The number of pyridine rings is 1. The molecule has 4 aromatic rings. The van der Waals surface area contributed by atoms with Gasteiger partial charge in [0.05, 0.1) is 11.5 Å². The number of halogens is 1. The first-order valence-corrected chi connectivity index (χ1v) is 11.4. The number of aromatic nitrogens is 3. The molecule has 0 fully saturated rings. The van der Waals surface area contributed by atoms with Crippen LogP contribution in [0.15, 0.2) is 78.2 Å². The van der Waals surface area contributed by atoms with Gasteiger partial charge in [-0.2, -0.15) is 0 Å². The zero-order valence-corrected chi connectivity index (χ0v) is 18.0. The van der Waals surface area contributed by atoms with Crippen LogP contribution < -0.4 is 9.46 Å². The van der Waals surface area contributed by atoms with E-state index in [1.807, 2.05) is 24.3 Å². The minimum Gasteiger partial charge on any atom is -0.477 e. The molecule has 1 N–H and O–H groups in total. The summed E-state index contributed by atoms with van der Waals surface area (Å²) in [5.41, 5.74) is 1.19. The molecule has 2 heterocycles. The van der Waals surface area contributed by atoms with Gasteiger partial charge in [0.25, 0.3) is 10.0 Å². The summed E-state index contributed by atoms with van der Waals surface area (Å²) in [6.45, 7) is 0.490. The SMILES string of the molecule is O=S(=O)(Nc1ccncn1)c1ccc2c(OCCCc3ccc(Cl)cc3)nccc2c1. The van der Waals surface area contributed by atoms with Gasteiger partial charge in [0.15, 0.2) is 0 Å². The number of sulfonamides is 1. The molecular formula is C22H19ClN4O3S. The predicted octanol–water partition coefficient (Wildman–Crippen LogP) is 4.49. The normalized spacial score (nSPS) is 11.4. The van der Waals surface area contributed by atoms with Crippen molar-refractivity contribution in [3.63, 3.8) is 0 Å². The molecule has 158 valence electrons. The van der Waals surface area contributed by atoms with Crippen LogP contribution in [-0.4, -0.2) is 30.0 Å². The average molecular weight is 455 g/mol. The Morgan fingerprint density at radius 1 is 0.968 bits per heavy atom. The summed E-state index contributed by atoms with van der Waals surface area (Å²) in [6.07, 6.45) is 6.02. The molecule has 0 spiro atoms. The Hall–Kier alpha value is -3.23. The minimum atomic E-state index is -3.78. The van der Waals surface area contributed by atoms with E-state index in [0.717, 1.165) is 18.2 Å². The fourth-order valence-corrected chi connectivity index (χ4v) is 4.22. The van der Waals surface area contributed by atoms with Crippen LogP contribution in [0.1, 0.15) is 12.0 Å². The molecule has 0 radical (unpaired) electrons. The Bertz CT molecular complexity index is 1280. The number of aryl methyl sites for hydroxylation is 1. The number of nitrogens with one attached hydrogen (secondary N) is 1. The third-order valence-electron chi connectivity index (χ3n) is 4.59. The highest BCUT2D eigenvalue weighted by Crippen LogP contribution is 2.26. The zero-order valence-electron chi connectivity index (χ0n) is 16.4. The minimum absolute atomic E-state index is 0.124. The number of ether oxygens (including phenoxy) is 1. The largest absolute Gasteiger partial charge is 0.477 e. The molecule has 0 bridgehead atoms. The molecule has 0 aliphatic rings. The molecule has 0 atom stereocenters. The van der Waals surface area contributed by atoms with Crippen LogP contribution >= 0.6 is 11.6 Å². The Balaban J connectivity index is 1.45. The number of nitrogens with zero attached hydrogens (tertiary/aromatic N) is 3. The summed E-state index contributed by atoms with van der Waals surface area (Å²) in [7, 11) is -3.78. The van der Waals surface area contributed by atoms with Gasteiger partial charge in [-0.25, -0.2) is 23.4 Å². The van der Waals surface area contributed by atoms with Gasteiger partial charge in [-0.1, -0.05) is 23.7 Å². The Morgan fingerprint density at radius 3 is 2.58 bits per heavy atom. The van der Waals surface area contributed by atoms with Crippen molar-refractivity contribution >= 4 is 38.2 Å². The lowest BCUT2D eigenvalue weighted by atomic mass is 10.1. The lowest BCUT2D eigenvalue weighted by Gasteiger charge is -2.11. The number of rotatable bonds is 8. The van der Waals surface area contributed by atoms with Crippen LogP contribution in [-0.2, 0) is 16.4 Å². The molecule has 0 unspecified atom stereocenters. The second-order valence-electron chi connectivity index (χ2n) is 6.78. The van der Waals surface area contributed by atoms with Gasteiger partial charge in [-0.05, 0) is 66.3 Å². The summed E-state index contributed by atoms with van der Waals surface area (Å²) < 4.78 is 33.6. The summed E-state index contributed by atoms with van der Waals surface area (Å²) in [4.78, 5) is 12.1. The Labute approximate surface area is 185 Å². The van der Waals surface area contributed by atoms with E-state index in [2.05, 4.69) is 19.7 Å². The van der Waals surface area contributed by atoms with Crippen LogP contribution in [0.2, 0.25) is 5.02 Å². The van der Waals surface area contributed by atoms with Crippen molar-refractivity contribution in [3.05, 3.63) is 83.9 Å². The topological polar surface area (TPSA) is 94.1 Å². The maximum atomic E-state index is 12.7. The molecule has 0 amide bonds. The van der Waals surface area contributed by atoms with Gasteiger partial charge < -0.3 is 4.74 Å². The number of hydrogen-bond acceptors (Lipinski definition) is 6. The molecule has 0 saturated carbocycles. The second-order valence-corrected chi connectivity index (χ2v) is 8.90. The maximum Gasteiger partial charge on any atom is 0.263 e. The van der Waals surface area contributed by atoms with Gasteiger partial charge in [-0.15, -0.1) is 0 Å². The van der Waals surface area contributed by atoms with Crippen molar-refractivity contribution in [2.45, 2.75) is 17.7 Å². The van der Waals surface area contributed by atoms with Crippen LogP contribution in [0.3, 0.4) is 0 Å². The van der Waals surface area contributed by atoms with E-state index in [1.165, 1.54) is 30.2 Å². The van der Waals surface area contributed by atoms with Crippen molar-refractivity contribution < 1.29 is 13.2 Å². The Kier molecular flexibility index (Phi) is 6.29. The average Bonchev–Trinajstić information content (AvgIpc) is 2.78. The summed E-state index contributed by atoms with van der Waals surface area (Å²) >= 11 is 5.91. The van der Waals surface area contributed by atoms with Crippen molar-refractivity contribution in [1.29, 1.82) is 0 Å². The molecule has 4 rings (SSSR count). The van der Waals surface area contributed by atoms with Gasteiger partial charge in [0.2, 0.25) is 5.88 Å². The van der Waals surface area contributed by atoms with Gasteiger partial charge in [-0.3, -0.25) is 4.72 Å². The fraction of sp³-hybridized carbons (Fsp3) is 0.136. The fourth-order valence-electron chi connectivity index (χ4n) is 3.05. The monoisotopic (exact) mass is 454 g/mol. The second kappa shape index (κ2) is 9.28. The number of benzene rings is 2. The molecule has 0 saturated heterocycles. The first-order chi connectivity index (χ1) is 15.0. The number of hydrogen-bond donors (Lipinski definition) is 1. The molecule has 0 aliphatic heterocycles. The lowest BCUT2D eigenvalue weighted by Crippen LogP contribution is -2.13. The molecule has 9 heteroatoms. The quantitative estimate of drug-likeness (QED) is 0.394. The summed E-state index contributed by atoms with van der Waals surface area (Å²) in [5.74, 6) is 0.677. The predicted molar refractivity (Wildman–Crippen MR) is 120 cm³/mol. The maximum absolute atomic E-state index is 12.7. The first-order valence-electron chi connectivity index (χ1n) is 9.56. The molecule has 0 aliphatic carbocycles. The van der Waals surface area contributed by atoms with Crippen LogP contribution in [0, 0.1) is 0 Å². The molecular weight excluding hydrogens is 436 g/mol. The van der Waals surface area contributed by atoms with E-state index in [9.17, 15) is 8.42 Å². The van der Waals surface area contributed by atoms with Crippen molar-refractivity contribution in [3.8, 4) is 5.88 Å². The van der Waals surface area contributed by atoms with Crippen LogP contribution in [0.5, 0.6) is 5.88 Å². The van der Waals surface area contributed by atoms with Gasteiger partial charge in [0, 0.05) is 22.8 Å². The van der Waals surface area contributed by atoms with Crippen molar-refractivity contribution in [2.75, 3.05) is 11.3 Å². The smallest absolute Gasteiger partial charge is 0.263 e. The zero-order chi connectivity index (χ0) is 21.7. The first kappa shape index (κ1) is 21.0. The lowest BCUT2D eigenvalue weighted by molar-refractivity contribution is 0.303. The van der Waals surface area contributed by atoms with E-state index in [-0.39, 0.29) is 10.7 Å². The van der Waals surface area contributed by atoms with Crippen molar-refractivity contribution in [1.82, 2.24) is 15.0 Å². The van der Waals surface area contributed by atoms with E-state index in [4.69, 9.17) is 16.3 Å². The third-order valence-corrected chi connectivity index (χ3v) is 6.20. The number of fused-ring (bicyclic) bond motifs is 1. The molecule has 7 nitrogen and oxygen atoms in total. The standard InChI is InChI=1S/C22H19ClN4O3S/c23-18-5-3-16(4-6-18)2-1-13-30-22-20-8-7-19(14-17(20)9-12-25-22)31(28,29)27-21-10-11-24-15-26-21/h3-12,14-15H,1-2,13H2,(H,24,26,27). The summed E-state index contributed by atoms with van der Waals surface area (Å²) in [5, 5.41) is 2.18. The third kappa shape index (κ3) is 5.28. The molecule has 31 heavy (non-hydrogen) atoms.